The first kappa shape index (κ1) is 22.2. The van der Waals surface area contributed by atoms with Crippen LogP contribution in [0.3, 0.4) is 0 Å². The molecule has 1 aromatic rings. The predicted octanol–water partition coefficient (Wildman–Crippen LogP) is 3.48. The van der Waals surface area contributed by atoms with Crippen molar-refractivity contribution in [3.63, 3.8) is 0 Å². The number of nitrogens with zero attached hydrogens (tertiary/aromatic N) is 3. The number of ether oxygens (including phenoxy) is 1. The van der Waals surface area contributed by atoms with Crippen LogP contribution in [0.4, 0.5) is 4.39 Å². The molecule has 5 nitrogen and oxygen atoms in total. The van der Waals surface area contributed by atoms with Gasteiger partial charge in [0, 0.05) is 25.7 Å². The third-order valence-corrected chi connectivity index (χ3v) is 5.16. The molecule has 0 radical (unpaired) electrons. The molecule has 2 aliphatic heterocycles. The van der Waals surface area contributed by atoms with Crippen molar-refractivity contribution in [2.45, 2.75) is 45.7 Å². The fraction of sp³-hybridized carbons (Fsp3) is 0.650. The van der Waals surface area contributed by atoms with E-state index >= 15 is 0 Å². The van der Waals surface area contributed by atoms with Gasteiger partial charge >= 0.3 is 0 Å². The van der Waals surface area contributed by atoms with Crippen molar-refractivity contribution in [2.75, 3.05) is 39.3 Å². The van der Waals surface area contributed by atoms with E-state index in [1.165, 1.54) is 38.4 Å². The molecule has 2 fully saturated rings. The molecule has 2 saturated heterocycles. The monoisotopic (exact) mass is 490 g/mol. The average Bonchev–Trinajstić information content (AvgIpc) is 3.32. The minimum absolute atomic E-state index is 0. The summed E-state index contributed by atoms with van der Waals surface area (Å²) in [5.74, 6) is 0.920. The van der Waals surface area contributed by atoms with Gasteiger partial charge in [0.05, 0.1) is 13.2 Å². The van der Waals surface area contributed by atoms with Gasteiger partial charge in [0.2, 0.25) is 0 Å². The molecule has 0 saturated carbocycles. The van der Waals surface area contributed by atoms with Crippen LogP contribution >= 0.6 is 24.0 Å². The second-order valence-electron chi connectivity index (χ2n) is 7.00. The number of guanidine groups is 1. The van der Waals surface area contributed by atoms with Crippen LogP contribution < -0.4 is 10.1 Å². The lowest BCUT2D eigenvalue weighted by Crippen LogP contribution is -2.42. The van der Waals surface area contributed by atoms with Crippen LogP contribution in [0.5, 0.6) is 5.75 Å². The van der Waals surface area contributed by atoms with E-state index < -0.39 is 0 Å². The van der Waals surface area contributed by atoms with Crippen LogP contribution in [0, 0.1) is 5.82 Å². The largest absolute Gasteiger partial charge is 0.491 e. The van der Waals surface area contributed by atoms with E-state index in [1.807, 2.05) is 13.0 Å². The molecular weight excluding hydrogens is 458 g/mol. The average molecular weight is 490 g/mol. The molecule has 1 atom stereocenters. The molecule has 1 unspecified atom stereocenters. The fourth-order valence-electron chi connectivity index (χ4n) is 3.85. The lowest BCUT2D eigenvalue weighted by atomic mass is 10.2. The summed E-state index contributed by atoms with van der Waals surface area (Å²) in [6.45, 7) is 10.2. The lowest BCUT2D eigenvalue weighted by molar-refractivity contribution is 0.249. The highest BCUT2D eigenvalue weighted by Crippen LogP contribution is 2.21. The fourth-order valence-corrected chi connectivity index (χ4v) is 3.85. The predicted molar refractivity (Wildman–Crippen MR) is 119 cm³/mol. The summed E-state index contributed by atoms with van der Waals surface area (Å²) < 4.78 is 19.3. The summed E-state index contributed by atoms with van der Waals surface area (Å²) in [5, 5.41) is 3.39. The SMILES string of the molecule is CCNC(=NCc1ccc(OCC)c(F)c1)N1CCC(N2CCCC2)C1.I. The molecule has 0 amide bonds. The molecule has 7 heteroatoms. The highest BCUT2D eigenvalue weighted by Gasteiger charge is 2.30. The van der Waals surface area contributed by atoms with E-state index in [2.05, 4.69) is 22.0 Å². The summed E-state index contributed by atoms with van der Waals surface area (Å²) in [6.07, 6.45) is 3.85. The molecule has 0 bridgehead atoms. The highest BCUT2D eigenvalue weighted by molar-refractivity contribution is 14.0. The zero-order valence-corrected chi connectivity index (χ0v) is 18.7. The number of hydrogen-bond acceptors (Lipinski definition) is 3. The van der Waals surface area contributed by atoms with Gasteiger partial charge in [-0.3, -0.25) is 4.90 Å². The number of nitrogens with one attached hydrogen (secondary N) is 1. The second kappa shape index (κ2) is 11.0. The molecule has 2 heterocycles. The van der Waals surface area contributed by atoms with Crippen LogP contribution in [-0.4, -0.2) is 61.1 Å². The van der Waals surface area contributed by atoms with Crippen LogP contribution in [0.25, 0.3) is 0 Å². The van der Waals surface area contributed by atoms with Crippen molar-refractivity contribution in [3.05, 3.63) is 29.6 Å². The zero-order chi connectivity index (χ0) is 18.4. The molecule has 1 aromatic carbocycles. The van der Waals surface area contributed by atoms with Gasteiger partial charge in [-0.25, -0.2) is 9.38 Å². The Morgan fingerprint density at radius 2 is 2.04 bits per heavy atom. The van der Waals surface area contributed by atoms with Crippen LogP contribution in [0.15, 0.2) is 23.2 Å². The van der Waals surface area contributed by atoms with Gasteiger partial charge in [-0.2, -0.15) is 0 Å². The van der Waals surface area contributed by atoms with Crippen molar-refractivity contribution < 1.29 is 9.13 Å². The Balaban J connectivity index is 0.00000261. The van der Waals surface area contributed by atoms with Gasteiger partial charge in [0.15, 0.2) is 17.5 Å². The quantitative estimate of drug-likeness (QED) is 0.377. The smallest absolute Gasteiger partial charge is 0.194 e. The Kier molecular flexibility index (Phi) is 9.08. The third-order valence-electron chi connectivity index (χ3n) is 5.16. The molecule has 0 spiro atoms. The Hall–Kier alpha value is -1.09. The van der Waals surface area contributed by atoms with Crippen LogP contribution in [0.2, 0.25) is 0 Å². The van der Waals surface area contributed by atoms with E-state index in [9.17, 15) is 4.39 Å². The van der Waals surface area contributed by atoms with Gasteiger partial charge in [0.25, 0.3) is 0 Å². The maximum atomic E-state index is 14.0. The summed E-state index contributed by atoms with van der Waals surface area (Å²) in [7, 11) is 0. The number of rotatable bonds is 6. The van der Waals surface area contributed by atoms with Gasteiger partial charge in [-0.05, 0) is 63.9 Å². The molecule has 152 valence electrons. The van der Waals surface area contributed by atoms with Gasteiger partial charge in [-0.15, -0.1) is 24.0 Å². The van der Waals surface area contributed by atoms with E-state index in [-0.39, 0.29) is 29.8 Å². The first-order valence-electron chi connectivity index (χ1n) is 9.89. The van der Waals surface area contributed by atoms with E-state index in [0.717, 1.165) is 31.2 Å². The highest BCUT2D eigenvalue weighted by atomic mass is 127. The molecule has 1 N–H and O–H groups in total. The number of hydrogen-bond donors (Lipinski definition) is 1. The first-order valence-corrected chi connectivity index (χ1v) is 9.89. The van der Waals surface area contributed by atoms with Crippen LogP contribution in [0.1, 0.15) is 38.7 Å². The Morgan fingerprint density at radius 3 is 2.70 bits per heavy atom. The molecule has 3 rings (SSSR count). The number of likely N-dealkylation sites (tertiary alicyclic amines) is 2. The van der Waals surface area contributed by atoms with Crippen molar-refractivity contribution >= 4 is 29.9 Å². The van der Waals surface area contributed by atoms with E-state index in [1.54, 1.807) is 6.07 Å². The summed E-state index contributed by atoms with van der Waals surface area (Å²) in [5.41, 5.74) is 0.858. The minimum atomic E-state index is -0.320. The van der Waals surface area contributed by atoms with Crippen molar-refractivity contribution in [3.8, 4) is 5.75 Å². The molecule has 0 aliphatic carbocycles. The Labute approximate surface area is 179 Å². The zero-order valence-electron chi connectivity index (χ0n) is 16.4. The van der Waals surface area contributed by atoms with E-state index in [4.69, 9.17) is 9.73 Å². The second-order valence-corrected chi connectivity index (χ2v) is 7.00. The maximum Gasteiger partial charge on any atom is 0.194 e. The third kappa shape index (κ3) is 5.94. The first-order chi connectivity index (χ1) is 12.7. The molecule has 0 aromatic heterocycles. The normalized spacial score (nSPS) is 20.6. The number of benzene rings is 1. The topological polar surface area (TPSA) is 40.1 Å². The molecule has 2 aliphatic rings. The van der Waals surface area contributed by atoms with Crippen molar-refractivity contribution in [1.82, 2.24) is 15.1 Å². The minimum Gasteiger partial charge on any atom is -0.491 e. The summed E-state index contributed by atoms with van der Waals surface area (Å²) >= 11 is 0. The number of halogens is 2. The number of aliphatic imine (C=N–C) groups is 1. The van der Waals surface area contributed by atoms with Crippen LogP contribution in [-0.2, 0) is 6.54 Å². The van der Waals surface area contributed by atoms with E-state index in [0.29, 0.717) is 24.9 Å². The van der Waals surface area contributed by atoms with Gasteiger partial charge in [-0.1, -0.05) is 6.07 Å². The molecule has 27 heavy (non-hydrogen) atoms. The Bertz CT molecular complexity index is 622. The van der Waals surface area contributed by atoms with Crippen molar-refractivity contribution in [2.24, 2.45) is 4.99 Å². The van der Waals surface area contributed by atoms with Crippen molar-refractivity contribution in [1.29, 1.82) is 0 Å². The van der Waals surface area contributed by atoms with Gasteiger partial charge < -0.3 is 15.0 Å². The summed E-state index contributed by atoms with van der Waals surface area (Å²) in [6, 6.07) is 5.74. The Morgan fingerprint density at radius 1 is 1.26 bits per heavy atom. The summed E-state index contributed by atoms with van der Waals surface area (Å²) in [4.78, 5) is 9.71. The maximum absolute atomic E-state index is 14.0. The molecular formula is C20H32FIN4O. The standard InChI is InChI=1S/C20H31FN4O.HI/c1-3-22-20(25-12-9-17(15-25)24-10-5-6-11-24)23-14-16-7-8-19(26-4-2)18(21)13-16;/h7-8,13,17H,3-6,9-12,14-15H2,1-2H3,(H,22,23);1H. The van der Waals surface area contributed by atoms with Gasteiger partial charge in [0.1, 0.15) is 0 Å². The lowest BCUT2D eigenvalue weighted by Gasteiger charge is -2.25.